The Bertz CT molecular complexity index is 1270. The minimum absolute atomic E-state index is 0. The number of hydrogen-bond acceptors (Lipinski definition) is 4. The van der Waals surface area contributed by atoms with E-state index < -0.39 is 19.2 Å². The first-order chi connectivity index (χ1) is 18.0. The van der Waals surface area contributed by atoms with Gasteiger partial charge in [0.1, 0.15) is 28.5 Å². The SMILES string of the molecule is O=C([O-])c1cccc(C(=O)[O-])c1.[PH4+].c1ccc([P+](c2ccccc2)(c2ccccc2)c2ccccc2)cc1. The van der Waals surface area contributed by atoms with E-state index in [0.29, 0.717) is 0 Å². The van der Waals surface area contributed by atoms with E-state index in [2.05, 4.69) is 121 Å². The predicted octanol–water partition coefficient (Wildman–Crippen LogP) is 2.51. The molecule has 0 radical (unpaired) electrons. The number of carbonyl (C=O) groups is 2. The van der Waals surface area contributed by atoms with Gasteiger partial charge in [0, 0.05) is 0 Å². The molecule has 0 aliphatic rings. The maximum Gasteiger partial charge on any atom is 0.144 e. The van der Waals surface area contributed by atoms with Crippen molar-refractivity contribution in [1.29, 1.82) is 0 Å². The summed E-state index contributed by atoms with van der Waals surface area (Å²) in [5.74, 6) is -2.81. The highest BCUT2D eigenvalue weighted by molar-refractivity contribution is 8.01. The number of carboxylic acids is 2. The topological polar surface area (TPSA) is 80.3 Å². The van der Waals surface area contributed by atoms with Crippen LogP contribution in [0.4, 0.5) is 0 Å². The molecule has 0 aromatic heterocycles. The van der Waals surface area contributed by atoms with Crippen LogP contribution >= 0.6 is 17.2 Å². The van der Waals surface area contributed by atoms with E-state index in [1.165, 1.54) is 39.4 Å². The Hall–Kier alpha value is -4.10. The van der Waals surface area contributed by atoms with Crippen molar-refractivity contribution in [3.63, 3.8) is 0 Å². The molecule has 0 saturated heterocycles. The lowest BCUT2D eigenvalue weighted by molar-refractivity contribution is -0.255. The Labute approximate surface area is 226 Å². The number of hydrogen-bond donors (Lipinski definition) is 0. The minimum atomic E-state index is -1.91. The zero-order valence-electron chi connectivity index (χ0n) is 20.9. The molecule has 38 heavy (non-hydrogen) atoms. The summed E-state index contributed by atoms with van der Waals surface area (Å²) in [6.45, 7) is 0. The van der Waals surface area contributed by atoms with E-state index in [1.54, 1.807) is 0 Å². The summed E-state index contributed by atoms with van der Waals surface area (Å²) in [7, 11) is -1.91. The summed E-state index contributed by atoms with van der Waals surface area (Å²) in [6.07, 6.45) is 0. The van der Waals surface area contributed by atoms with Crippen LogP contribution in [0, 0.1) is 0 Å². The molecule has 0 amide bonds. The third-order valence-electron chi connectivity index (χ3n) is 5.91. The smallest absolute Gasteiger partial charge is 0.144 e. The molecule has 4 nitrogen and oxygen atoms in total. The molecule has 0 aliphatic carbocycles. The molecule has 0 fully saturated rings. The van der Waals surface area contributed by atoms with E-state index in [9.17, 15) is 19.8 Å². The fourth-order valence-corrected chi connectivity index (χ4v) is 8.54. The highest BCUT2D eigenvalue weighted by atomic mass is 31.2. The molecule has 0 heterocycles. The largest absolute Gasteiger partial charge is 0.545 e. The van der Waals surface area contributed by atoms with Crippen molar-refractivity contribution in [1.82, 2.24) is 0 Å². The molecule has 5 rings (SSSR count). The van der Waals surface area contributed by atoms with Crippen LogP contribution in [0.3, 0.4) is 0 Å². The van der Waals surface area contributed by atoms with E-state index in [-0.39, 0.29) is 21.0 Å². The molecule has 1 unspecified atom stereocenters. The lowest BCUT2D eigenvalue weighted by Crippen LogP contribution is -2.38. The summed E-state index contributed by atoms with van der Waals surface area (Å²) in [5, 5.41) is 26.1. The Morgan fingerprint density at radius 2 is 0.684 bits per heavy atom. The van der Waals surface area contributed by atoms with Crippen LogP contribution in [0.5, 0.6) is 0 Å². The number of carbonyl (C=O) groups excluding carboxylic acids is 2. The van der Waals surface area contributed by atoms with Crippen LogP contribution in [0.25, 0.3) is 0 Å². The molecule has 0 aliphatic heterocycles. The molecule has 1 atom stereocenters. The second-order valence-corrected chi connectivity index (χ2v) is 11.6. The molecule has 0 bridgehead atoms. The molecular formula is C32H28O4P2. The van der Waals surface area contributed by atoms with Crippen LogP contribution in [-0.2, 0) is 0 Å². The van der Waals surface area contributed by atoms with Crippen molar-refractivity contribution in [2.75, 3.05) is 0 Å². The van der Waals surface area contributed by atoms with Crippen molar-refractivity contribution >= 4 is 50.3 Å². The third-order valence-corrected chi connectivity index (χ3v) is 10.2. The minimum Gasteiger partial charge on any atom is -0.545 e. The van der Waals surface area contributed by atoms with Gasteiger partial charge in [0.25, 0.3) is 0 Å². The first-order valence-corrected chi connectivity index (χ1v) is 13.5. The van der Waals surface area contributed by atoms with Crippen LogP contribution in [-0.4, -0.2) is 11.9 Å². The molecule has 6 heteroatoms. The normalized spacial score (nSPS) is 10.3. The summed E-state index contributed by atoms with van der Waals surface area (Å²) in [6, 6.07) is 48.6. The molecule has 0 spiro atoms. The second kappa shape index (κ2) is 13.4. The van der Waals surface area contributed by atoms with Gasteiger partial charge in [-0.05, 0) is 75.6 Å². The Morgan fingerprint density at radius 3 is 0.921 bits per heavy atom. The monoisotopic (exact) mass is 538 g/mol. The predicted molar refractivity (Wildman–Crippen MR) is 159 cm³/mol. The van der Waals surface area contributed by atoms with Gasteiger partial charge in [-0.15, -0.1) is 0 Å². The van der Waals surface area contributed by atoms with Gasteiger partial charge in [-0.3, -0.25) is 0 Å². The molecule has 0 N–H and O–H groups in total. The molecule has 190 valence electrons. The van der Waals surface area contributed by atoms with Gasteiger partial charge in [-0.2, -0.15) is 0 Å². The van der Waals surface area contributed by atoms with E-state index >= 15 is 0 Å². The van der Waals surface area contributed by atoms with Crippen molar-refractivity contribution in [3.8, 4) is 0 Å². The fourth-order valence-electron chi connectivity index (χ4n) is 4.27. The highest BCUT2D eigenvalue weighted by Gasteiger charge is 2.47. The molecular weight excluding hydrogens is 510 g/mol. The molecule has 0 saturated carbocycles. The Balaban J connectivity index is 0.000000262. The summed E-state index contributed by atoms with van der Waals surface area (Å²) in [5.41, 5.74) is -0.339. The van der Waals surface area contributed by atoms with Gasteiger partial charge in [-0.25, -0.2) is 0 Å². The number of rotatable bonds is 6. The third kappa shape index (κ3) is 6.23. The zero-order chi connectivity index (χ0) is 26.1. The first-order valence-electron chi connectivity index (χ1n) is 11.7. The summed E-state index contributed by atoms with van der Waals surface area (Å²) in [4.78, 5) is 20.5. The molecule has 5 aromatic rings. The van der Waals surface area contributed by atoms with E-state index in [4.69, 9.17) is 0 Å². The quantitative estimate of drug-likeness (QED) is 0.311. The van der Waals surface area contributed by atoms with Crippen molar-refractivity contribution < 1.29 is 19.8 Å². The lowest BCUT2D eigenvalue weighted by Gasteiger charge is -2.27. The van der Waals surface area contributed by atoms with Gasteiger partial charge < -0.3 is 19.8 Å². The van der Waals surface area contributed by atoms with Crippen molar-refractivity contribution in [3.05, 3.63) is 157 Å². The summed E-state index contributed by atoms with van der Waals surface area (Å²) < 4.78 is 0. The fraction of sp³-hybridized carbons (Fsp3) is 0. The number of benzene rings is 5. The Kier molecular flexibility index (Phi) is 10.1. The lowest BCUT2D eigenvalue weighted by atomic mass is 10.1. The van der Waals surface area contributed by atoms with Gasteiger partial charge in [0.05, 0.1) is 11.9 Å². The average Bonchev–Trinajstić information content (AvgIpc) is 2.96. The first kappa shape index (κ1) is 28.5. The maximum atomic E-state index is 10.3. The average molecular weight is 539 g/mol. The highest BCUT2D eigenvalue weighted by Crippen LogP contribution is 2.53. The van der Waals surface area contributed by atoms with Gasteiger partial charge >= 0.3 is 0 Å². The van der Waals surface area contributed by atoms with Gasteiger partial charge in [-0.1, -0.05) is 91.0 Å². The van der Waals surface area contributed by atoms with E-state index in [0.717, 1.165) is 6.07 Å². The van der Waals surface area contributed by atoms with Crippen molar-refractivity contribution in [2.24, 2.45) is 0 Å². The maximum absolute atomic E-state index is 10.3. The van der Waals surface area contributed by atoms with Crippen LogP contribution in [0.1, 0.15) is 20.7 Å². The van der Waals surface area contributed by atoms with E-state index in [1.807, 2.05) is 0 Å². The van der Waals surface area contributed by atoms with Crippen LogP contribution in [0.15, 0.2) is 146 Å². The zero-order valence-corrected chi connectivity index (χ0v) is 23.8. The van der Waals surface area contributed by atoms with Gasteiger partial charge in [0.15, 0.2) is 0 Å². The van der Waals surface area contributed by atoms with Gasteiger partial charge in [0.2, 0.25) is 0 Å². The standard InChI is InChI=1S/C24H20P.C8H6O4.H3P/c1-5-13-21(14-6-1)25(22-15-7-2-8-16-22,23-17-9-3-10-18-23)24-19-11-4-12-20-24;9-7(10)5-2-1-3-6(4-5)8(11)12;/h1-20H;1-4H,(H,9,10)(H,11,12);1H3/q+1;;/p-1. The summed E-state index contributed by atoms with van der Waals surface area (Å²) >= 11 is 0. The number of carboxylic acid groups (broad SMARTS) is 2. The van der Waals surface area contributed by atoms with Crippen LogP contribution < -0.4 is 31.4 Å². The Morgan fingerprint density at radius 1 is 0.421 bits per heavy atom. The van der Waals surface area contributed by atoms with Crippen LogP contribution in [0.2, 0.25) is 0 Å². The number of aromatic carboxylic acids is 2. The second-order valence-electron chi connectivity index (χ2n) is 8.17. The molecule has 5 aromatic carbocycles. The van der Waals surface area contributed by atoms with Crippen molar-refractivity contribution in [2.45, 2.75) is 0 Å².